The Balaban J connectivity index is 2.20. The van der Waals surface area contributed by atoms with Gasteiger partial charge in [0.1, 0.15) is 0 Å². The minimum absolute atomic E-state index is 0.144. The van der Waals surface area contributed by atoms with Crippen molar-refractivity contribution < 1.29 is 8.42 Å². The SMILES string of the molecule is CCC1CCN(S(=O)(=O)c2cccc(C(C)NC)c2)CC1. The number of hydrogen-bond acceptors (Lipinski definition) is 3. The lowest BCUT2D eigenvalue weighted by molar-refractivity contribution is 0.269. The van der Waals surface area contributed by atoms with Gasteiger partial charge in [0.2, 0.25) is 10.0 Å². The molecule has 0 aliphatic carbocycles. The summed E-state index contributed by atoms with van der Waals surface area (Å²) >= 11 is 0. The van der Waals surface area contributed by atoms with Gasteiger partial charge in [-0.2, -0.15) is 4.31 Å². The highest BCUT2D eigenvalue weighted by Gasteiger charge is 2.29. The molecule has 1 N–H and O–H groups in total. The van der Waals surface area contributed by atoms with Crippen LogP contribution in [-0.4, -0.2) is 32.9 Å². The number of hydrogen-bond donors (Lipinski definition) is 1. The molecule has 0 bridgehead atoms. The molecular formula is C16H26N2O2S. The maximum atomic E-state index is 12.8. The molecule has 1 aliphatic heterocycles. The third-order valence-electron chi connectivity index (χ3n) is 4.58. The molecule has 2 rings (SSSR count). The molecule has 4 nitrogen and oxygen atoms in total. The summed E-state index contributed by atoms with van der Waals surface area (Å²) in [4.78, 5) is 0.414. The molecule has 1 aromatic rings. The second-order valence-electron chi connectivity index (χ2n) is 5.84. The molecule has 0 amide bonds. The molecule has 0 aromatic heterocycles. The van der Waals surface area contributed by atoms with Gasteiger partial charge in [0.25, 0.3) is 0 Å². The van der Waals surface area contributed by atoms with E-state index in [9.17, 15) is 8.42 Å². The predicted molar refractivity (Wildman–Crippen MR) is 85.7 cm³/mol. The highest BCUT2D eigenvalue weighted by Crippen LogP contribution is 2.26. The standard InChI is InChI=1S/C16H26N2O2S/c1-4-14-8-10-18(11-9-14)21(19,20)16-7-5-6-15(12-16)13(2)17-3/h5-7,12-14,17H,4,8-11H2,1-3H3. The van der Waals surface area contributed by atoms with Crippen molar-refractivity contribution in [2.75, 3.05) is 20.1 Å². The summed E-state index contributed by atoms with van der Waals surface area (Å²) < 4.78 is 27.1. The monoisotopic (exact) mass is 310 g/mol. The lowest BCUT2D eigenvalue weighted by Crippen LogP contribution is -2.38. The maximum Gasteiger partial charge on any atom is 0.243 e. The van der Waals surface area contributed by atoms with Crippen molar-refractivity contribution in [3.05, 3.63) is 29.8 Å². The molecule has 1 aliphatic rings. The van der Waals surface area contributed by atoms with Crippen molar-refractivity contribution >= 4 is 10.0 Å². The van der Waals surface area contributed by atoms with Gasteiger partial charge in [-0.3, -0.25) is 0 Å². The van der Waals surface area contributed by atoms with Crippen LogP contribution in [0.4, 0.5) is 0 Å². The van der Waals surface area contributed by atoms with Crippen LogP contribution < -0.4 is 5.32 Å². The molecule has 1 aromatic carbocycles. The first kappa shape index (κ1) is 16.5. The molecule has 1 saturated heterocycles. The molecule has 0 radical (unpaired) electrons. The third-order valence-corrected chi connectivity index (χ3v) is 6.47. The first-order chi connectivity index (χ1) is 9.98. The van der Waals surface area contributed by atoms with Gasteiger partial charge in [-0.25, -0.2) is 8.42 Å². The Morgan fingerprint density at radius 1 is 1.33 bits per heavy atom. The Bertz CT molecular complexity index is 563. The number of nitrogens with one attached hydrogen (secondary N) is 1. The maximum absolute atomic E-state index is 12.8. The van der Waals surface area contributed by atoms with E-state index >= 15 is 0 Å². The van der Waals surface area contributed by atoms with Crippen LogP contribution in [0.3, 0.4) is 0 Å². The Morgan fingerprint density at radius 3 is 2.57 bits per heavy atom. The van der Waals surface area contributed by atoms with E-state index in [4.69, 9.17) is 0 Å². The van der Waals surface area contributed by atoms with Crippen LogP contribution in [0.1, 0.15) is 44.7 Å². The normalized spacial score (nSPS) is 19.6. The minimum Gasteiger partial charge on any atom is -0.313 e. The number of sulfonamides is 1. The molecule has 1 fully saturated rings. The molecule has 1 heterocycles. The van der Waals surface area contributed by atoms with Crippen LogP contribution in [0.25, 0.3) is 0 Å². The number of piperidine rings is 1. The summed E-state index contributed by atoms with van der Waals surface area (Å²) in [5.74, 6) is 0.673. The van der Waals surface area contributed by atoms with Crippen LogP contribution in [-0.2, 0) is 10.0 Å². The van der Waals surface area contributed by atoms with Crippen LogP contribution in [0.15, 0.2) is 29.2 Å². The average molecular weight is 310 g/mol. The van der Waals surface area contributed by atoms with E-state index < -0.39 is 10.0 Å². The van der Waals surface area contributed by atoms with Crippen molar-refractivity contribution in [3.8, 4) is 0 Å². The van der Waals surface area contributed by atoms with Gasteiger partial charge in [0.05, 0.1) is 4.90 Å². The van der Waals surface area contributed by atoms with Crippen molar-refractivity contribution in [2.45, 2.75) is 44.0 Å². The Labute approximate surface area is 128 Å². The molecule has 5 heteroatoms. The van der Waals surface area contributed by atoms with Crippen LogP contribution in [0, 0.1) is 5.92 Å². The smallest absolute Gasteiger partial charge is 0.243 e. The van der Waals surface area contributed by atoms with E-state index in [2.05, 4.69) is 12.2 Å². The topological polar surface area (TPSA) is 49.4 Å². The second-order valence-corrected chi connectivity index (χ2v) is 7.78. The number of benzene rings is 1. The van der Waals surface area contributed by atoms with Gasteiger partial charge in [-0.1, -0.05) is 25.5 Å². The fraction of sp³-hybridized carbons (Fsp3) is 0.625. The molecule has 1 atom stereocenters. The van der Waals surface area contributed by atoms with E-state index in [1.54, 1.807) is 16.4 Å². The zero-order chi connectivity index (χ0) is 15.5. The molecule has 21 heavy (non-hydrogen) atoms. The van der Waals surface area contributed by atoms with Crippen LogP contribution in [0.5, 0.6) is 0 Å². The van der Waals surface area contributed by atoms with E-state index in [1.807, 2.05) is 26.1 Å². The Kier molecular flexibility index (Phi) is 5.41. The van der Waals surface area contributed by atoms with Gasteiger partial charge in [0, 0.05) is 19.1 Å². The zero-order valence-corrected chi connectivity index (χ0v) is 14.0. The summed E-state index contributed by atoms with van der Waals surface area (Å²) in [6.45, 7) is 5.50. The highest BCUT2D eigenvalue weighted by atomic mass is 32.2. The van der Waals surface area contributed by atoms with E-state index in [0.717, 1.165) is 24.8 Å². The fourth-order valence-electron chi connectivity index (χ4n) is 2.82. The van der Waals surface area contributed by atoms with Crippen molar-refractivity contribution in [2.24, 2.45) is 5.92 Å². The summed E-state index contributed by atoms with van der Waals surface area (Å²) in [5, 5.41) is 3.14. The van der Waals surface area contributed by atoms with Crippen molar-refractivity contribution in [1.29, 1.82) is 0 Å². The second kappa shape index (κ2) is 6.90. The molecule has 0 spiro atoms. The lowest BCUT2D eigenvalue weighted by atomic mass is 9.96. The summed E-state index contributed by atoms with van der Waals surface area (Å²) in [6.07, 6.45) is 3.09. The number of nitrogens with zero attached hydrogens (tertiary/aromatic N) is 1. The molecule has 1 unspecified atom stereocenters. The highest BCUT2D eigenvalue weighted by molar-refractivity contribution is 7.89. The van der Waals surface area contributed by atoms with E-state index in [-0.39, 0.29) is 6.04 Å². The largest absolute Gasteiger partial charge is 0.313 e. The van der Waals surface area contributed by atoms with Crippen molar-refractivity contribution in [1.82, 2.24) is 9.62 Å². The molecule has 118 valence electrons. The van der Waals surface area contributed by atoms with Gasteiger partial charge in [0.15, 0.2) is 0 Å². The first-order valence-electron chi connectivity index (χ1n) is 7.76. The number of rotatable bonds is 5. The summed E-state index contributed by atoms with van der Waals surface area (Å²) in [7, 11) is -1.48. The molecular weight excluding hydrogens is 284 g/mol. The zero-order valence-electron chi connectivity index (χ0n) is 13.2. The van der Waals surface area contributed by atoms with Gasteiger partial charge < -0.3 is 5.32 Å². The quantitative estimate of drug-likeness (QED) is 0.910. The average Bonchev–Trinajstić information content (AvgIpc) is 2.54. The van der Waals surface area contributed by atoms with Crippen molar-refractivity contribution in [3.63, 3.8) is 0 Å². The lowest BCUT2D eigenvalue weighted by Gasteiger charge is -2.30. The third kappa shape index (κ3) is 3.65. The summed E-state index contributed by atoms with van der Waals surface area (Å²) in [6, 6.07) is 7.43. The Hall–Kier alpha value is -0.910. The predicted octanol–water partition coefficient (Wildman–Crippen LogP) is 2.78. The summed E-state index contributed by atoms with van der Waals surface area (Å²) in [5.41, 5.74) is 1.00. The van der Waals surface area contributed by atoms with Gasteiger partial charge in [-0.05, 0) is 50.4 Å². The Morgan fingerprint density at radius 2 is 2.00 bits per heavy atom. The van der Waals surface area contributed by atoms with Gasteiger partial charge >= 0.3 is 0 Å². The van der Waals surface area contributed by atoms with Crippen LogP contribution in [0.2, 0.25) is 0 Å². The van der Waals surface area contributed by atoms with E-state index in [0.29, 0.717) is 23.9 Å². The first-order valence-corrected chi connectivity index (χ1v) is 9.20. The van der Waals surface area contributed by atoms with E-state index in [1.165, 1.54) is 0 Å². The minimum atomic E-state index is -3.35. The van der Waals surface area contributed by atoms with Crippen LogP contribution >= 0.6 is 0 Å². The fourth-order valence-corrected chi connectivity index (χ4v) is 4.34. The van der Waals surface area contributed by atoms with Gasteiger partial charge in [-0.15, -0.1) is 0 Å². The molecule has 0 saturated carbocycles.